The van der Waals surface area contributed by atoms with Gasteiger partial charge >= 0.3 is 0 Å². The molecule has 1 aromatic carbocycles. The van der Waals surface area contributed by atoms with Crippen LogP contribution in [-0.2, 0) is 27.3 Å². The fourth-order valence-corrected chi connectivity index (χ4v) is 5.10. The number of carbonyl (C=O) groups excluding carboxylic acids is 3. The summed E-state index contributed by atoms with van der Waals surface area (Å²) in [5.41, 5.74) is 2.71. The predicted molar refractivity (Wildman–Crippen MR) is 122 cm³/mol. The monoisotopic (exact) mass is 447 g/mol. The molecule has 3 aliphatic heterocycles. The van der Waals surface area contributed by atoms with Crippen molar-refractivity contribution in [3.63, 3.8) is 0 Å². The van der Waals surface area contributed by atoms with E-state index in [0.717, 1.165) is 42.5 Å². The molecule has 4 heterocycles. The number of hydrogen-bond acceptors (Lipinski definition) is 5. The summed E-state index contributed by atoms with van der Waals surface area (Å²) >= 11 is 0. The first kappa shape index (κ1) is 21.6. The number of likely N-dealkylation sites (tertiary alicyclic amines) is 2. The average Bonchev–Trinajstić information content (AvgIpc) is 3.37. The summed E-state index contributed by atoms with van der Waals surface area (Å²) in [7, 11) is 0. The fourth-order valence-electron chi connectivity index (χ4n) is 5.10. The van der Waals surface area contributed by atoms with E-state index in [4.69, 9.17) is 9.97 Å². The zero-order valence-electron chi connectivity index (χ0n) is 19.0. The van der Waals surface area contributed by atoms with E-state index in [9.17, 15) is 14.4 Å². The number of fused-ring (bicyclic) bond motifs is 1. The van der Waals surface area contributed by atoms with Gasteiger partial charge in [0, 0.05) is 30.8 Å². The van der Waals surface area contributed by atoms with Gasteiger partial charge in [-0.2, -0.15) is 0 Å². The zero-order chi connectivity index (χ0) is 22.9. The molecular weight excluding hydrogens is 418 g/mol. The second-order valence-electron chi connectivity index (χ2n) is 9.13. The number of aromatic nitrogens is 2. The van der Waals surface area contributed by atoms with Crippen LogP contribution in [0, 0.1) is 6.92 Å². The summed E-state index contributed by atoms with van der Waals surface area (Å²) in [5, 5.41) is 0. The van der Waals surface area contributed by atoms with Crippen LogP contribution in [0.5, 0.6) is 0 Å². The van der Waals surface area contributed by atoms with Crippen LogP contribution < -0.4 is 4.90 Å². The third kappa shape index (κ3) is 4.21. The predicted octanol–water partition coefficient (Wildman–Crippen LogP) is 2.55. The van der Waals surface area contributed by atoms with Crippen LogP contribution in [0.3, 0.4) is 0 Å². The Hall–Kier alpha value is -3.29. The van der Waals surface area contributed by atoms with E-state index < -0.39 is 0 Å². The van der Waals surface area contributed by atoms with Crippen molar-refractivity contribution in [2.75, 3.05) is 24.5 Å². The van der Waals surface area contributed by atoms with Gasteiger partial charge in [-0.25, -0.2) is 9.97 Å². The van der Waals surface area contributed by atoms with Gasteiger partial charge in [0.2, 0.25) is 17.7 Å². The smallest absolute Gasteiger partial charge is 0.242 e. The minimum absolute atomic E-state index is 0.0209. The minimum atomic E-state index is -0.234. The van der Waals surface area contributed by atoms with Crippen molar-refractivity contribution in [3.05, 3.63) is 53.0 Å². The molecule has 0 aliphatic carbocycles. The molecule has 33 heavy (non-hydrogen) atoms. The van der Waals surface area contributed by atoms with Crippen LogP contribution >= 0.6 is 0 Å². The first-order chi connectivity index (χ1) is 16.0. The standard InChI is InChI=1S/C25H29N5O3/c1-17-19-14-22(32)30(15-18-8-3-2-4-9-18)25(19)27-24(26-17)20-10-5-6-13-29(20)23(33)16-28-12-7-11-21(28)31/h2-4,8-9,20H,5-7,10-16H2,1H3. The number of benzene rings is 1. The van der Waals surface area contributed by atoms with Gasteiger partial charge in [-0.15, -0.1) is 0 Å². The van der Waals surface area contributed by atoms with Crippen molar-refractivity contribution in [2.24, 2.45) is 0 Å². The normalized spacial score (nSPS) is 20.5. The molecule has 172 valence electrons. The molecule has 0 bridgehead atoms. The van der Waals surface area contributed by atoms with Gasteiger partial charge < -0.3 is 9.80 Å². The Bertz CT molecular complexity index is 1090. The van der Waals surface area contributed by atoms with Crippen molar-refractivity contribution in [3.8, 4) is 0 Å². The molecule has 1 unspecified atom stereocenters. The van der Waals surface area contributed by atoms with E-state index in [2.05, 4.69) is 0 Å². The molecule has 3 amide bonds. The molecule has 5 rings (SSSR count). The highest BCUT2D eigenvalue weighted by atomic mass is 16.2. The fraction of sp³-hybridized carbons (Fsp3) is 0.480. The van der Waals surface area contributed by atoms with Gasteiger partial charge in [-0.05, 0) is 38.2 Å². The third-order valence-corrected chi connectivity index (χ3v) is 6.90. The van der Waals surface area contributed by atoms with Crippen LogP contribution in [0.1, 0.15) is 60.8 Å². The summed E-state index contributed by atoms with van der Waals surface area (Å²) in [6, 6.07) is 9.65. The zero-order valence-corrected chi connectivity index (χ0v) is 19.0. The second kappa shape index (κ2) is 8.92. The highest BCUT2D eigenvalue weighted by Crippen LogP contribution is 2.35. The van der Waals surface area contributed by atoms with Crippen molar-refractivity contribution < 1.29 is 14.4 Å². The summed E-state index contributed by atoms with van der Waals surface area (Å²) < 4.78 is 0. The number of amides is 3. The number of piperidine rings is 1. The Kier molecular flexibility index (Phi) is 5.83. The van der Waals surface area contributed by atoms with Crippen molar-refractivity contribution >= 4 is 23.5 Å². The van der Waals surface area contributed by atoms with Crippen molar-refractivity contribution in [2.45, 2.75) is 58.0 Å². The van der Waals surface area contributed by atoms with Crippen LogP contribution in [-0.4, -0.2) is 57.1 Å². The maximum Gasteiger partial charge on any atom is 0.242 e. The Morgan fingerprint density at radius 2 is 1.85 bits per heavy atom. The summed E-state index contributed by atoms with van der Waals surface area (Å²) in [4.78, 5) is 52.9. The molecule has 0 spiro atoms. The van der Waals surface area contributed by atoms with E-state index in [1.54, 1.807) is 9.80 Å². The third-order valence-electron chi connectivity index (χ3n) is 6.90. The van der Waals surface area contributed by atoms with Gasteiger partial charge in [0.25, 0.3) is 0 Å². The summed E-state index contributed by atoms with van der Waals surface area (Å²) in [6.45, 7) is 3.79. The second-order valence-corrected chi connectivity index (χ2v) is 9.13. The van der Waals surface area contributed by atoms with Gasteiger partial charge in [0.05, 0.1) is 25.6 Å². The quantitative estimate of drug-likeness (QED) is 0.703. The Balaban J connectivity index is 1.42. The van der Waals surface area contributed by atoms with Crippen LogP contribution in [0.25, 0.3) is 0 Å². The molecule has 2 fully saturated rings. The lowest BCUT2D eigenvalue weighted by Gasteiger charge is -2.36. The molecule has 2 saturated heterocycles. The number of aryl methyl sites for hydroxylation is 1. The van der Waals surface area contributed by atoms with Crippen LogP contribution in [0.2, 0.25) is 0 Å². The van der Waals surface area contributed by atoms with Gasteiger partial charge in [0.1, 0.15) is 5.82 Å². The Morgan fingerprint density at radius 3 is 2.61 bits per heavy atom. The lowest BCUT2D eigenvalue weighted by Crippen LogP contribution is -2.45. The molecule has 1 aromatic heterocycles. The van der Waals surface area contributed by atoms with Crippen molar-refractivity contribution in [1.82, 2.24) is 19.8 Å². The highest BCUT2D eigenvalue weighted by Gasteiger charge is 2.36. The first-order valence-electron chi connectivity index (χ1n) is 11.8. The van der Waals surface area contributed by atoms with Crippen molar-refractivity contribution in [1.29, 1.82) is 0 Å². The number of nitrogens with zero attached hydrogens (tertiary/aromatic N) is 5. The van der Waals surface area contributed by atoms with Gasteiger partial charge in [0.15, 0.2) is 5.82 Å². The van der Waals surface area contributed by atoms with E-state index in [1.807, 2.05) is 42.2 Å². The molecular formula is C25H29N5O3. The summed E-state index contributed by atoms with van der Waals surface area (Å²) in [5.74, 6) is 1.29. The van der Waals surface area contributed by atoms with E-state index >= 15 is 0 Å². The maximum atomic E-state index is 13.2. The molecule has 0 saturated carbocycles. The molecule has 3 aliphatic rings. The van der Waals surface area contributed by atoms with Gasteiger partial charge in [-0.3, -0.25) is 19.3 Å². The number of hydrogen-bond donors (Lipinski definition) is 0. The topological polar surface area (TPSA) is 86.7 Å². The maximum absolute atomic E-state index is 13.2. The van der Waals surface area contributed by atoms with E-state index in [0.29, 0.717) is 44.1 Å². The number of rotatable bonds is 5. The largest absolute Gasteiger partial charge is 0.333 e. The lowest BCUT2D eigenvalue weighted by atomic mass is 10.0. The van der Waals surface area contributed by atoms with Crippen LogP contribution in [0.15, 0.2) is 30.3 Å². The minimum Gasteiger partial charge on any atom is -0.333 e. The van der Waals surface area contributed by atoms with E-state index in [-0.39, 0.29) is 30.3 Å². The molecule has 8 nitrogen and oxygen atoms in total. The molecule has 8 heteroatoms. The number of anilines is 1. The van der Waals surface area contributed by atoms with Gasteiger partial charge in [-0.1, -0.05) is 30.3 Å². The summed E-state index contributed by atoms with van der Waals surface area (Å²) in [6.07, 6.45) is 4.34. The highest BCUT2D eigenvalue weighted by molar-refractivity contribution is 6.00. The number of carbonyl (C=O) groups is 3. The molecule has 0 N–H and O–H groups in total. The Labute approximate surface area is 193 Å². The lowest BCUT2D eigenvalue weighted by molar-refractivity contribution is -0.141. The molecule has 0 radical (unpaired) electrons. The Morgan fingerprint density at radius 1 is 1.03 bits per heavy atom. The van der Waals surface area contributed by atoms with E-state index in [1.165, 1.54) is 0 Å². The SMILES string of the molecule is Cc1nc(C2CCCCN2C(=O)CN2CCCC2=O)nc2c1CC(=O)N2Cc1ccccc1. The molecule has 1 atom stereocenters. The first-order valence-corrected chi connectivity index (χ1v) is 11.8. The average molecular weight is 448 g/mol. The molecule has 2 aromatic rings. The van der Waals surface area contributed by atoms with Crippen LogP contribution in [0.4, 0.5) is 5.82 Å².